The van der Waals surface area contributed by atoms with Crippen LogP contribution in [-0.2, 0) is 0 Å². The zero-order valence-corrected chi connectivity index (χ0v) is 14.8. The molecule has 0 atom stereocenters. The van der Waals surface area contributed by atoms with Crippen LogP contribution in [0.2, 0.25) is 10.0 Å². The van der Waals surface area contributed by atoms with E-state index in [4.69, 9.17) is 27.6 Å². The first-order chi connectivity index (χ1) is 12.0. The third-order valence-electron chi connectivity index (χ3n) is 3.48. The lowest BCUT2D eigenvalue weighted by molar-refractivity contribution is 0.0955. The average Bonchev–Trinajstić information content (AvgIpc) is 3.04. The van der Waals surface area contributed by atoms with E-state index in [0.717, 1.165) is 11.1 Å². The van der Waals surface area contributed by atoms with Gasteiger partial charge < -0.3 is 4.42 Å². The topological polar surface area (TPSA) is 54.6 Å². The largest absolute Gasteiger partial charge is 0.455 e. The number of rotatable bonds is 4. The van der Waals surface area contributed by atoms with Crippen LogP contribution in [0.25, 0.3) is 11.3 Å². The van der Waals surface area contributed by atoms with Gasteiger partial charge in [-0.1, -0.05) is 29.3 Å². The van der Waals surface area contributed by atoms with Gasteiger partial charge in [0.2, 0.25) is 0 Å². The van der Waals surface area contributed by atoms with Gasteiger partial charge >= 0.3 is 0 Å². The van der Waals surface area contributed by atoms with Gasteiger partial charge in [-0.2, -0.15) is 5.10 Å². The van der Waals surface area contributed by atoms with E-state index in [2.05, 4.69) is 10.5 Å². The second-order valence-corrected chi connectivity index (χ2v) is 6.23. The van der Waals surface area contributed by atoms with E-state index in [-0.39, 0.29) is 5.91 Å². The molecule has 0 saturated carbocycles. The van der Waals surface area contributed by atoms with Crippen LogP contribution in [0.1, 0.15) is 21.7 Å². The van der Waals surface area contributed by atoms with Crippen molar-refractivity contribution in [2.24, 2.45) is 5.10 Å². The minimum Gasteiger partial charge on any atom is -0.455 e. The number of benzene rings is 2. The number of carbonyl (C=O) groups excluding carboxylic acids is 1. The molecule has 0 bridgehead atoms. The number of carbonyl (C=O) groups is 1. The van der Waals surface area contributed by atoms with Crippen molar-refractivity contribution in [2.45, 2.75) is 6.92 Å². The highest BCUT2D eigenvalue weighted by atomic mass is 35.5. The van der Waals surface area contributed by atoms with Crippen LogP contribution in [0.15, 0.2) is 64.1 Å². The molecule has 0 fully saturated rings. The van der Waals surface area contributed by atoms with Gasteiger partial charge in [0.05, 0.1) is 16.8 Å². The predicted molar refractivity (Wildman–Crippen MR) is 100 cm³/mol. The molecule has 3 rings (SSSR count). The number of amides is 1. The molecule has 1 amide bonds. The van der Waals surface area contributed by atoms with E-state index in [1.165, 1.54) is 6.21 Å². The summed E-state index contributed by atoms with van der Waals surface area (Å²) in [5, 5.41) is 4.95. The molecule has 25 heavy (non-hydrogen) atoms. The molecule has 0 aliphatic carbocycles. The lowest BCUT2D eigenvalue weighted by Crippen LogP contribution is -2.18. The van der Waals surface area contributed by atoms with E-state index in [9.17, 15) is 4.79 Å². The van der Waals surface area contributed by atoms with Crippen LogP contribution in [0.3, 0.4) is 0 Å². The van der Waals surface area contributed by atoms with E-state index in [1.54, 1.807) is 30.3 Å². The summed E-state index contributed by atoms with van der Waals surface area (Å²) < 4.78 is 5.67. The highest BCUT2D eigenvalue weighted by molar-refractivity contribution is 6.33. The highest BCUT2D eigenvalue weighted by Gasteiger charge is 2.09. The summed E-state index contributed by atoms with van der Waals surface area (Å²) in [6.07, 6.45) is 1.43. The second kappa shape index (κ2) is 7.55. The molecule has 6 heteroatoms. The SMILES string of the molecule is Cc1ccc(C(=O)NN=Cc2ccc(-c3ccc(Cl)cc3)o2)c(Cl)c1. The Balaban J connectivity index is 1.66. The summed E-state index contributed by atoms with van der Waals surface area (Å²) in [7, 11) is 0. The first kappa shape index (κ1) is 17.3. The monoisotopic (exact) mass is 372 g/mol. The summed E-state index contributed by atoms with van der Waals surface area (Å²) in [6, 6.07) is 16.1. The van der Waals surface area contributed by atoms with Crippen molar-refractivity contribution in [1.82, 2.24) is 5.43 Å². The van der Waals surface area contributed by atoms with Crippen molar-refractivity contribution < 1.29 is 9.21 Å². The molecular weight excluding hydrogens is 359 g/mol. The van der Waals surface area contributed by atoms with Gasteiger partial charge in [0.1, 0.15) is 11.5 Å². The number of aryl methyl sites for hydroxylation is 1. The third kappa shape index (κ3) is 4.29. The molecule has 0 radical (unpaired) electrons. The summed E-state index contributed by atoms with van der Waals surface area (Å²) in [5.41, 5.74) is 4.68. The minimum absolute atomic E-state index is 0.366. The van der Waals surface area contributed by atoms with Gasteiger partial charge in [-0.05, 0) is 61.0 Å². The van der Waals surface area contributed by atoms with Crippen molar-refractivity contribution in [3.05, 3.63) is 81.5 Å². The lowest BCUT2D eigenvalue weighted by Gasteiger charge is -2.03. The first-order valence-electron chi connectivity index (χ1n) is 7.48. The summed E-state index contributed by atoms with van der Waals surface area (Å²) >= 11 is 11.9. The van der Waals surface area contributed by atoms with Crippen molar-refractivity contribution in [2.75, 3.05) is 0 Å². The number of nitrogens with zero attached hydrogens (tertiary/aromatic N) is 1. The maximum Gasteiger partial charge on any atom is 0.272 e. The molecule has 126 valence electrons. The average molecular weight is 373 g/mol. The van der Waals surface area contributed by atoms with Crippen LogP contribution in [0.4, 0.5) is 0 Å². The molecule has 1 aromatic heterocycles. The van der Waals surface area contributed by atoms with E-state index >= 15 is 0 Å². The van der Waals surface area contributed by atoms with Crippen molar-refractivity contribution in [1.29, 1.82) is 0 Å². The van der Waals surface area contributed by atoms with Gasteiger partial charge in [-0.3, -0.25) is 4.79 Å². The Kier molecular flexibility index (Phi) is 5.22. The quantitative estimate of drug-likeness (QED) is 0.497. The molecule has 2 aromatic carbocycles. The lowest BCUT2D eigenvalue weighted by atomic mass is 10.1. The Morgan fingerprint density at radius 1 is 1.08 bits per heavy atom. The molecule has 0 spiro atoms. The molecule has 0 aliphatic rings. The highest BCUT2D eigenvalue weighted by Crippen LogP contribution is 2.23. The predicted octanol–water partition coefficient (Wildman–Crippen LogP) is 5.33. The fourth-order valence-electron chi connectivity index (χ4n) is 2.21. The maximum atomic E-state index is 12.1. The zero-order chi connectivity index (χ0) is 17.8. The standard InChI is InChI=1S/C19H14Cl2N2O2/c1-12-2-8-16(17(21)10-12)19(24)23-22-11-15-7-9-18(25-15)13-3-5-14(20)6-4-13/h2-11H,1H3,(H,23,24). The molecule has 1 N–H and O–H groups in total. The molecule has 3 aromatic rings. The van der Waals surface area contributed by atoms with Crippen molar-refractivity contribution >= 4 is 35.3 Å². The van der Waals surface area contributed by atoms with Crippen LogP contribution in [0, 0.1) is 6.92 Å². The second-order valence-electron chi connectivity index (χ2n) is 5.39. The Morgan fingerprint density at radius 2 is 1.84 bits per heavy atom. The first-order valence-corrected chi connectivity index (χ1v) is 8.24. The molecule has 4 nitrogen and oxygen atoms in total. The van der Waals surface area contributed by atoms with Gasteiger partial charge in [0, 0.05) is 10.6 Å². The number of nitrogens with one attached hydrogen (secondary N) is 1. The van der Waals surface area contributed by atoms with Crippen LogP contribution in [-0.4, -0.2) is 12.1 Å². The smallest absolute Gasteiger partial charge is 0.272 e. The Bertz CT molecular complexity index is 931. The molecule has 0 unspecified atom stereocenters. The fourth-order valence-corrected chi connectivity index (χ4v) is 2.66. The normalized spacial score (nSPS) is 11.0. The van der Waals surface area contributed by atoms with Gasteiger partial charge in [0.25, 0.3) is 5.91 Å². The summed E-state index contributed by atoms with van der Waals surface area (Å²) in [4.78, 5) is 12.1. The summed E-state index contributed by atoms with van der Waals surface area (Å²) in [5.74, 6) is 0.817. The number of halogens is 2. The van der Waals surface area contributed by atoms with E-state index in [0.29, 0.717) is 27.1 Å². The zero-order valence-electron chi connectivity index (χ0n) is 13.3. The van der Waals surface area contributed by atoms with Crippen LogP contribution >= 0.6 is 23.2 Å². The van der Waals surface area contributed by atoms with Crippen molar-refractivity contribution in [3.8, 4) is 11.3 Å². The van der Waals surface area contributed by atoms with Crippen LogP contribution in [0.5, 0.6) is 0 Å². The molecule has 0 saturated heterocycles. The minimum atomic E-state index is -0.384. The number of hydrogen-bond acceptors (Lipinski definition) is 3. The Labute approximate surface area is 155 Å². The van der Waals surface area contributed by atoms with E-state index < -0.39 is 0 Å². The van der Waals surface area contributed by atoms with Gasteiger partial charge in [-0.25, -0.2) is 5.43 Å². The molecular formula is C19H14Cl2N2O2. The molecule has 1 heterocycles. The molecule has 0 aliphatic heterocycles. The Hall–Kier alpha value is -2.56. The summed E-state index contributed by atoms with van der Waals surface area (Å²) in [6.45, 7) is 1.90. The maximum absolute atomic E-state index is 12.1. The number of hydrogen-bond donors (Lipinski definition) is 1. The number of hydrazone groups is 1. The Morgan fingerprint density at radius 3 is 2.56 bits per heavy atom. The van der Waals surface area contributed by atoms with Gasteiger partial charge in [0.15, 0.2) is 0 Å². The van der Waals surface area contributed by atoms with E-state index in [1.807, 2.05) is 31.2 Å². The van der Waals surface area contributed by atoms with Crippen molar-refractivity contribution in [3.63, 3.8) is 0 Å². The van der Waals surface area contributed by atoms with Crippen LogP contribution < -0.4 is 5.43 Å². The third-order valence-corrected chi connectivity index (χ3v) is 4.05. The van der Waals surface area contributed by atoms with Gasteiger partial charge in [-0.15, -0.1) is 0 Å². The fraction of sp³-hybridized carbons (Fsp3) is 0.0526. The number of furan rings is 1.